The van der Waals surface area contributed by atoms with Gasteiger partial charge in [-0.15, -0.1) is 0 Å². The molecule has 1 aliphatic heterocycles. The van der Waals surface area contributed by atoms with Gasteiger partial charge in [0.1, 0.15) is 22.8 Å². The summed E-state index contributed by atoms with van der Waals surface area (Å²) in [4.78, 5) is 19.6. The third kappa shape index (κ3) is 3.73. The van der Waals surface area contributed by atoms with E-state index in [0.717, 1.165) is 18.8 Å². The Hall–Kier alpha value is -2.86. The van der Waals surface area contributed by atoms with Crippen molar-refractivity contribution in [3.63, 3.8) is 0 Å². The molecule has 0 bridgehead atoms. The number of pyridine rings is 1. The monoisotopic (exact) mass is 396 g/mol. The first-order valence-corrected chi connectivity index (χ1v) is 9.75. The van der Waals surface area contributed by atoms with E-state index in [9.17, 15) is 4.79 Å². The van der Waals surface area contributed by atoms with Gasteiger partial charge >= 0.3 is 0 Å². The number of anilines is 2. The molecule has 0 saturated carbocycles. The molecule has 4 rings (SSSR count). The van der Waals surface area contributed by atoms with Gasteiger partial charge in [-0.3, -0.25) is 4.79 Å². The topological polar surface area (TPSA) is 71.3 Å². The Morgan fingerprint density at radius 2 is 1.93 bits per heavy atom. The van der Waals surface area contributed by atoms with Gasteiger partial charge in [0.05, 0.1) is 16.9 Å². The van der Waals surface area contributed by atoms with Crippen LogP contribution in [-0.4, -0.2) is 29.1 Å². The standard InChI is InChI=1S/C21H21ClN4O2/c1-14-19(20(25-28-14)16-7-3-4-8-17(16)22)21(27)24-18-10-9-15(13-23-18)26-11-5-2-6-12-26/h3-4,7-10,13H,2,5-6,11-12H2,1H3,(H,23,24,27). The van der Waals surface area contributed by atoms with E-state index in [1.54, 1.807) is 19.2 Å². The van der Waals surface area contributed by atoms with Crippen LogP contribution in [0.25, 0.3) is 11.3 Å². The smallest absolute Gasteiger partial charge is 0.262 e. The highest BCUT2D eigenvalue weighted by Crippen LogP contribution is 2.31. The molecule has 3 heterocycles. The highest BCUT2D eigenvalue weighted by atomic mass is 35.5. The zero-order valence-electron chi connectivity index (χ0n) is 15.6. The molecular weight excluding hydrogens is 376 g/mol. The zero-order valence-corrected chi connectivity index (χ0v) is 16.4. The minimum Gasteiger partial charge on any atom is -0.370 e. The summed E-state index contributed by atoms with van der Waals surface area (Å²) in [5, 5.41) is 7.38. The maximum atomic E-state index is 12.9. The molecule has 1 aliphatic rings. The van der Waals surface area contributed by atoms with E-state index in [1.165, 1.54) is 19.3 Å². The fourth-order valence-electron chi connectivity index (χ4n) is 3.45. The Morgan fingerprint density at radius 3 is 2.64 bits per heavy atom. The van der Waals surface area contributed by atoms with Crippen LogP contribution in [0.15, 0.2) is 47.1 Å². The predicted molar refractivity (Wildman–Crippen MR) is 110 cm³/mol. The number of hydrogen-bond donors (Lipinski definition) is 1. The summed E-state index contributed by atoms with van der Waals surface area (Å²) in [6.07, 6.45) is 5.49. The van der Waals surface area contributed by atoms with Gasteiger partial charge in [0.2, 0.25) is 0 Å². The molecule has 1 amide bonds. The average molecular weight is 397 g/mol. The van der Waals surface area contributed by atoms with Gasteiger partial charge in [-0.25, -0.2) is 4.98 Å². The van der Waals surface area contributed by atoms with E-state index in [1.807, 2.05) is 30.3 Å². The lowest BCUT2D eigenvalue weighted by Gasteiger charge is -2.28. The minimum atomic E-state index is -0.327. The highest BCUT2D eigenvalue weighted by Gasteiger charge is 2.23. The van der Waals surface area contributed by atoms with E-state index in [2.05, 4.69) is 20.4 Å². The van der Waals surface area contributed by atoms with E-state index in [4.69, 9.17) is 16.1 Å². The first kappa shape index (κ1) is 18.5. The average Bonchev–Trinajstić information content (AvgIpc) is 3.11. The Morgan fingerprint density at radius 1 is 1.14 bits per heavy atom. The summed E-state index contributed by atoms with van der Waals surface area (Å²) < 4.78 is 5.27. The summed E-state index contributed by atoms with van der Waals surface area (Å²) >= 11 is 6.27. The largest absolute Gasteiger partial charge is 0.370 e. The Balaban J connectivity index is 1.54. The molecule has 28 heavy (non-hydrogen) atoms. The molecule has 0 unspecified atom stereocenters. The molecule has 1 aromatic carbocycles. The Bertz CT molecular complexity index is 978. The number of benzene rings is 1. The van der Waals surface area contributed by atoms with Crippen LogP contribution in [0.1, 0.15) is 35.4 Å². The molecule has 0 spiro atoms. The number of aromatic nitrogens is 2. The van der Waals surface area contributed by atoms with Gasteiger partial charge < -0.3 is 14.7 Å². The van der Waals surface area contributed by atoms with Crippen molar-refractivity contribution in [2.75, 3.05) is 23.3 Å². The van der Waals surface area contributed by atoms with Crippen LogP contribution in [0.3, 0.4) is 0 Å². The molecule has 0 atom stereocenters. The number of carbonyl (C=O) groups excluding carboxylic acids is 1. The fraction of sp³-hybridized carbons (Fsp3) is 0.286. The quantitative estimate of drug-likeness (QED) is 0.676. The van der Waals surface area contributed by atoms with Gasteiger partial charge in [0.25, 0.3) is 5.91 Å². The van der Waals surface area contributed by atoms with Crippen molar-refractivity contribution in [2.45, 2.75) is 26.2 Å². The van der Waals surface area contributed by atoms with Gasteiger partial charge in [-0.1, -0.05) is 35.0 Å². The SMILES string of the molecule is Cc1onc(-c2ccccc2Cl)c1C(=O)Nc1ccc(N2CCCCC2)cn1. The summed E-state index contributed by atoms with van der Waals surface area (Å²) in [5.41, 5.74) is 2.51. The van der Waals surface area contributed by atoms with E-state index in [0.29, 0.717) is 33.4 Å². The summed E-state index contributed by atoms with van der Waals surface area (Å²) in [5.74, 6) is 0.584. The minimum absolute atomic E-state index is 0.327. The molecule has 6 nitrogen and oxygen atoms in total. The van der Waals surface area contributed by atoms with Crippen LogP contribution >= 0.6 is 11.6 Å². The first-order valence-electron chi connectivity index (χ1n) is 9.37. The summed E-state index contributed by atoms with van der Waals surface area (Å²) in [6, 6.07) is 11.0. The number of carbonyl (C=O) groups is 1. The lowest BCUT2D eigenvalue weighted by Crippen LogP contribution is -2.29. The molecule has 1 N–H and O–H groups in total. The van der Waals surface area contributed by atoms with Gasteiger partial charge in [-0.05, 0) is 44.4 Å². The van der Waals surface area contributed by atoms with Crippen LogP contribution in [0.5, 0.6) is 0 Å². The second-order valence-electron chi connectivity index (χ2n) is 6.85. The van der Waals surface area contributed by atoms with Gasteiger partial charge in [0, 0.05) is 18.7 Å². The summed E-state index contributed by atoms with van der Waals surface area (Å²) in [7, 11) is 0. The zero-order chi connectivity index (χ0) is 19.5. The molecule has 2 aromatic heterocycles. The van der Waals surface area contributed by atoms with Crippen molar-refractivity contribution < 1.29 is 9.32 Å². The number of piperidine rings is 1. The molecule has 1 fully saturated rings. The highest BCUT2D eigenvalue weighted by molar-refractivity contribution is 6.33. The van der Waals surface area contributed by atoms with Crippen molar-refractivity contribution in [3.8, 4) is 11.3 Å². The lowest BCUT2D eigenvalue weighted by atomic mass is 10.1. The number of hydrogen-bond acceptors (Lipinski definition) is 5. The molecule has 1 saturated heterocycles. The number of halogens is 1. The van der Waals surface area contributed by atoms with Crippen LogP contribution in [0.4, 0.5) is 11.5 Å². The van der Waals surface area contributed by atoms with Crippen molar-refractivity contribution in [2.24, 2.45) is 0 Å². The molecule has 144 valence electrons. The third-order valence-electron chi connectivity index (χ3n) is 4.93. The molecule has 0 radical (unpaired) electrons. The third-order valence-corrected chi connectivity index (χ3v) is 5.26. The lowest BCUT2D eigenvalue weighted by molar-refractivity contribution is 0.102. The first-order chi connectivity index (χ1) is 13.6. The maximum absolute atomic E-state index is 12.9. The molecule has 7 heteroatoms. The Labute approximate surface area is 168 Å². The van der Waals surface area contributed by atoms with Gasteiger partial charge in [-0.2, -0.15) is 0 Å². The van der Waals surface area contributed by atoms with E-state index >= 15 is 0 Å². The molecular formula is C21H21ClN4O2. The van der Waals surface area contributed by atoms with Crippen molar-refractivity contribution in [1.29, 1.82) is 0 Å². The fourth-order valence-corrected chi connectivity index (χ4v) is 3.68. The van der Waals surface area contributed by atoms with Crippen molar-refractivity contribution >= 4 is 29.0 Å². The molecule has 3 aromatic rings. The maximum Gasteiger partial charge on any atom is 0.262 e. The van der Waals surface area contributed by atoms with Crippen LogP contribution in [-0.2, 0) is 0 Å². The van der Waals surface area contributed by atoms with E-state index < -0.39 is 0 Å². The molecule has 0 aliphatic carbocycles. The number of aryl methyl sites for hydroxylation is 1. The Kier molecular flexibility index (Phi) is 5.30. The number of nitrogens with one attached hydrogen (secondary N) is 1. The second-order valence-corrected chi connectivity index (χ2v) is 7.25. The number of nitrogens with zero attached hydrogens (tertiary/aromatic N) is 3. The van der Waals surface area contributed by atoms with Gasteiger partial charge in [0.15, 0.2) is 0 Å². The second kappa shape index (κ2) is 8.02. The van der Waals surface area contributed by atoms with Crippen LogP contribution in [0, 0.1) is 6.92 Å². The van der Waals surface area contributed by atoms with Crippen molar-refractivity contribution in [1.82, 2.24) is 10.1 Å². The van der Waals surface area contributed by atoms with Crippen molar-refractivity contribution in [3.05, 3.63) is 58.9 Å². The number of amides is 1. The van der Waals surface area contributed by atoms with E-state index in [-0.39, 0.29) is 5.91 Å². The normalized spacial score (nSPS) is 14.1. The number of rotatable bonds is 4. The predicted octanol–water partition coefficient (Wildman–Crippen LogP) is 4.94. The summed E-state index contributed by atoms with van der Waals surface area (Å²) in [6.45, 7) is 3.80. The van der Waals surface area contributed by atoms with Crippen LogP contribution < -0.4 is 10.2 Å². The van der Waals surface area contributed by atoms with Crippen LogP contribution in [0.2, 0.25) is 5.02 Å².